The second-order valence-electron chi connectivity index (χ2n) is 5.89. The minimum Gasteiger partial charge on any atom is -0.373 e. The lowest BCUT2D eigenvalue weighted by molar-refractivity contribution is -0.0292. The molecule has 0 unspecified atom stereocenters. The molecule has 5 nitrogen and oxygen atoms in total. The number of pyridine rings is 1. The van der Waals surface area contributed by atoms with Crippen molar-refractivity contribution >= 4 is 17.4 Å². The van der Waals surface area contributed by atoms with E-state index in [2.05, 4.69) is 28.3 Å². The average molecular weight is 343 g/mol. The van der Waals surface area contributed by atoms with Crippen molar-refractivity contribution < 1.29 is 4.74 Å². The topological polar surface area (TPSA) is 61.2 Å². The Kier molecular flexibility index (Phi) is 5.31. The number of morpholine rings is 1. The smallest absolute Gasteiger partial charge is 0.126 e. The van der Waals surface area contributed by atoms with Crippen molar-refractivity contribution in [3.63, 3.8) is 0 Å². The van der Waals surface area contributed by atoms with Gasteiger partial charge in [0.25, 0.3) is 0 Å². The number of aromatic nitrogens is 1. The zero-order valence-corrected chi connectivity index (χ0v) is 14.2. The van der Waals surface area contributed by atoms with E-state index in [-0.39, 0.29) is 12.1 Å². The van der Waals surface area contributed by atoms with Gasteiger partial charge in [-0.05, 0) is 36.9 Å². The van der Waals surface area contributed by atoms with E-state index in [0.717, 1.165) is 18.7 Å². The summed E-state index contributed by atoms with van der Waals surface area (Å²) < 4.78 is 5.99. The lowest BCUT2D eigenvalue weighted by Gasteiger charge is -2.36. The van der Waals surface area contributed by atoms with Crippen molar-refractivity contribution in [1.82, 2.24) is 9.88 Å². The predicted octanol–water partition coefficient (Wildman–Crippen LogP) is 3.09. The molecule has 3 rings (SSSR count). The first-order valence-electron chi connectivity index (χ1n) is 7.84. The Morgan fingerprint density at radius 2 is 2.12 bits per heavy atom. The molecule has 124 valence electrons. The van der Waals surface area contributed by atoms with Crippen molar-refractivity contribution in [3.8, 4) is 6.07 Å². The molecular weight excluding hydrogens is 324 g/mol. The molecular formula is C18H19ClN4O. The summed E-state index contributed by atoms with van der Waals surface area (Å²) >= 11 is 6.02. The number of nitrogens with zero attached hydrogens (tertiary/aromatic N) is 3. The quantitative estimate of drug-likeness (QED) is 0.925. The Balaban J connectivity index is 1.85. The number of halogens is 1. The van der Waals surface area contributed by atoms with Crippen LogP contribution in [0.15, 0.2) is 42.6 Å². The molecule has 24 heavy (non-hydrogen) atoms. The number of nitrogens with one attached hydrogen (secondary N) is 1. The molecule has 0 saturated carbocycles. The van der Waals surface area contributed by atoms with Crippen LogP contribution in [0.25, 0.3) is 0 Å². The number of nitriles is 1. The summed E-state index contributed by atoms with van der Waals surface area (Å²) in [6.07, 6.45) is 1.57. The number of ether oxygens (including phenoxy) is 1. The van der Waals surface area contributed by atoms with Crippen LogP contribution in [0.1, 0.15) is 17.2 Å². The molecule has 1 N–H and O–H groups in total. The Morgan fingerprint density at radius 3 is 2.75 bits per heavy atom. The number of likely N-dealkylation sites (N-methyl/N-ethyl adjacent to an activating group) is 1. The SMILES string of the molecule is CN1CCO[C@@H]([C@@H](Nc2ccc(C#N)cn2)c2ccc(Cl)cc2)C1. The van der Waals surface area contributed by atoms with Gasteiger partial charge in [-0.2, -0.15) is 5.26 Å². The van der Waals surface area contributed by atoms with Gasteiger partial charge in [0.05, 0.1) is 24.3 Å². The Hall–Kier alpha value is -2.13. The van der Waals surface area contributed by atoms with Crippen molar-refractivity contribution in [2.45, 2.75) is 12.1 Å². The maximum Gasteiger partial charge on any atom is 0.126 e. The fourth-order valence-corrected chi connectivity index (χ4v) is 2.90. The van der Waals surface area contributed by atoms with Crippen LogP contribution in [0.5, 0.6) is 0 Å². The van der Waals surface area contributed by atoms with Gasteiger partial charge < -0.3 is 15.0 Å². The summed E-state index contributed by atoms with van der Waals surface area (Å²) in [5.74, 6) is 0.714. The fraction of sp³-hybridized carbons (Fsp3) is 0.333. The van der Waals surface area contributed by atoms with Crippen LogP contribution in [0, 0.1) is 11.3 Å². The van der Waals surface area contributed by atoms with E-state index in [4.69, 9.17) is 21.6 Å². The molecule has 6 heteroatoms. The van der Waals surface area contributed by atoms with Crippen molar-refractivity contribution in [1.29, 1.82) is 5.26 Å². The molecule has 2 aromatic rings. The molecule has 2 atom stereocenters. The third kappa shape index (κ3) is 4.04. The van der Waals surface area contributed by atoms with Crippen LogP contribution in [0.3, 0.4) is 0 Å². The van der Waals surface area contributed by atoms with Crippen molar-refractivity contribution in [2.75, 3.05) is 32.1 Å². The minimum absolute atomic E-state index is 0.00219. The second kappa shape index (κ2) is 7.63. The average Bonchev–Trinajstić information content (AvgIpc) is 2.61. The van der Waals surface area contributed by atoms with E-state index >= 15 is 0 Å². The van der Waals surface area contributed by atoms with Gasteiger partial charge in [0.15, 0.2) is 0 Å². The minimum atomic E-state index is -0.0505. The van der Waals surface area contributed by atoms with Crippen molar-refractivity contribution in [2.24, 2.45) is 0 Å². The standard InChI is InChI=1S/C18H19ClN4O/c1-23-8-9-24-16(12-23)18(14-3-5-15(19)6-4-14)22-17-7-2-13(10-20)11-21-17/h2-7,11,16,18H,8-9,12H2,1H3,(H,21,22)/t16-,18+/m1/s1. The highest BCUT2D eigenvalue weighted by atomic mass is 35.5. The first-order chi connectivity index (χ1) is 11.7. The van der Waals surface area contributed by atoms with Gasteiger partial charge in [0.1, 0.15) is 11.9 Å². The van der Waals surface area contributed by atoms with E-state index in [9.17, 15) is 0 Å². The lowest BCUT2D eigenvalue weighted by Crippen LogP contribution is -2.44. The normalized spacial score (nSPS) is 19.5. The third-order valence-corrected chi connectivity index (χ3v) is 4.35. The summed E-state index contributed by atoms with van der Waals surface area (Å²) in [6, 6.07) is 13.4. The van der Waals surface area contributed by atoms with E-state index in [1.807, 2.05) is 30.3 Å². The first-order valence-corrected chi connectivity index (χ1v) is 8.22. The highest BCUT2D eigenvalue weighted by Crippen LogP contribution is 2.27. The fourth-order valence-electron chi connectivity index (χ4n) is 2.78. The van der Waals surface area contributed by atoms with E-state index < -0.39 is 0 Å². The monoisotopic (exact) mass is 342 g/mol. The van der Waals surface area contributed by atoms with Gasteiger partial charge in [-0.3, -0.25) is 0 Å². The van der Waals surface area contributed by atoms with Gasteiger partial charge in [-0.1, -0.05) is 23.7 Å². The molecule has 1 aliphatic rings. The van der Waals surface area contributed by atoms with Gasteiger partial charge >= 0.3 is 0 Å². The number of hydrogen-bond acceptors (Lipinski definition) is 5. The van der Waals surface area contributed by atoms with Crippen LogP contribution < -0.4 is 5.32 Å². The van der Waals surface area contributed by atoms with E-state index in [1.165, 1.54) is 0 Å². The summed E-state index contributed by atoms with van der Waals surface area (Å²) in [5.41, 5.74) is 1.63. The number of hydrogen-bond donors (Lipinski definition) is 1. The molecule has 1 saturated heterocycles. The molecule has 0 spiro atoms. The molecule has 2 heterocycles. The van der Waals surface area contributed by atoms with Gasteiger partial charge in [-0.15, -0.1) is 0 Å². The van der Waals surface area contributed by atoms with Crippen molar-refractivity contribution in [3.05, 3.63) is 58.7 Å². The summed E-state index contributed by atoms with van der Waals surface area (Å²) in [4.78, 5) is 6.57. The highest BCUT2D eigenvalue weighted by Gasteiger charge is 2.28. The summed E-state index contributed by atoms with van der Waals surface area (Å²) in [6.45, 7) is 2.46. The Bertz CT molecular complexity index is 711. The van der Waals surface area contributed by atoms with Crippen LogP contribution in [0.4, 0.5) is 5.82 Å². The van der Waals surface area contributed by atoms with E-state index in [1.54, 1.807) is 12.3 Å². The van der Waals surface area contributed by atoms with Gasteiger partial charge in [0.2, 0.25) is 0 Å². The Morgan fingerprint density at radius 1 is 1.33 bits per heavy atom. The first kappa shape index (κ1) is 16.7. The van der Waals surface area contributed by atoms with Crippen LogP contribution in [-0.2, 0) is 4.74 Å². The van der Waals surface area contributed by atoms with Crippen LogP contribution in [0.2, 0.25) is 5.02 Å². The maximum atomic E-state index is 8.90. The van der Waals surface area contributed by atoms with Gasteiger partial charge in [-0.25, -0.2) is 4.98 Å². The molecule has 0 aliphatic carbocycles. The molecule has 0 radical (unpaired) electrons. The van der Waals surface area contributed by atoms with E-state index in [0.29, 0.717) is 23.0 Å². The van der Waals surface area contributed by atoms with Crippen LogP contribution >= 0.6 is 11.6 Å². The highest BCUT2D eigenvalue weighted by molar-refractivity contribution is 6.30. The predicted molar refractivity (Wildman–Crippen MR) is 94.0 cm³/mol. The zero-order valence-electron chi connectivity index (χ0n) is 13.4. The molecule has 1 aromatic carbocycles. The van der Waals surface area contributed by atoms with Crippen LogP contribution in [-0.4, -0.2) is 42.7 Å². The maximum absolute atomic E-state index is 8.90. The number of benzene rings is 1. The summed E-state index contributed by atoms with van der Waals surface area (Å²) in [7, 11) is 2.09. The molecule has 1 aliphatic heterocycles. The molecule has 0 bridgehead atoms. The Labute approximate surface area is 146 Å². The zero-order chi connectivity index (χ0) is 16.9. The molecule has 1 fully saturated rings. The third-order valence-electron chi connectivity index (χ3n) is 4.09. The second-order valence-corrected chi connectivity index (χ2v) is 6.33. The lowest BCUT2D eigenvalue weighted by atomic mass is 10.00. The van der Waals surface area contributed by atoms with Gasteiger partial charge in [0, 0.05) is 24.3 Å². The number of anilines is 1. The largest absolute Gasteiger partial charge is 0.373 e. The molecule has 0 amide bonds. The molecule has 1 aromatic heterocycles. The number of rotatable bonds is 4. The summed E-state index contributed by atoms with van der Waals surface area (Å²) in [5, 5.41) is 13.0.